The maximum atomic E-state index is 13.0. The standard InChI is InChI=1S/C21H16ClF3N2O3S.C18H16ClF3N2O3/c1-13-10-15(21(23,24)25)12-18(11-13)27-31(29,30)19-8-6-17(7-9-19)26-20(28)14-2-4-16(22)5-3-14;1-10-7-12(9-13(8-10)18(20,21)22)17(26)24-27-11(2)16(25)23-15-5-3-14(19)4-6-15/h2-12,27H,1H3,(H,26,28);3-9,11H,1-2H3,(H,23,25)(H,24,26). The first-order valence-corrected chi connectivity index (χ1v) is 18.8. The molecule has 10 nitrogen and oxygen atoms in total. The van der Waals surface area contributed by atoms with Gasteiger partial charge in [-0.05, 0) is 141 Å². The fraction of sp³-hybridized carbons (Fsp3) is 0.154. The molecule has 4 N–H and O–H groups in total. The van der Waals surface area contributed by atoms with Gasteiger partial charge in [0.15, 0.2) is 6.10 Å². The molecule has 5 rings (SSSR count). The molecule has 0 aliphatic carbocycles. The minimum atomic E-state index is -4.60. The van der Waals surface area contributed by atoms with Gasteiger partial charge < -0.3 is 10.6 Å². The molecule has 5 aromatic rings. The normalized spacial score (nSPS) is 12.1. The summed E-state index contributed by atoms with van der Waals surface area (Å²) >= 11 is 11.5. The van der Waals surface area contributed by atoms with E-state index in [-0.39, 0.29) is 27.3 Å². The Kier molecular flexibility index (Phi) is 14.6. The molecular formula is C39H32Cl2F6N4O6S. The van der Waals surface area contributed by atoms with Gasteiger partial charge in [-0.1, -0.05) is 23.2 Å². The van der Waals surface area contributed by atoms with E-state index >= 15 is 0 Å². The van der Waals surface area contributed by atoms with E-state index in [0.29, 0.717) is 33.0 Å². The summed E-state index contributed by atoms with van der Waals surface area (Å²) in [6.07, 6.45) is -10.3. The maximum Gasteiger partial charge on any atom is 0.416 e. The average Bonchev–Trinajstić information content (AvgIpc) is 3.14. The number of carbonyl (C=O) groups excluding carboxylic acids is 3. The Morgan fingerprint density at radius 3 is 1.64 bits per heavy atom. The number of hydrogen-bond acceptors (Lipinski definition) is 6. The topological polar surface area (TPSA) is 143 Å². The van der Waals surface area contributed by atoms with Crippen molar-refractivity contribution in [1.82, 2.24) is 5.48 Å². The highest BCUT2D eigenvalue weighted by molar-refractivity contribution is 7.92. The lowest BCUT2D eigenvalue weighted by molar-refractivity contribution is -0.138. The van der Waals surface area contributed by atoms with Crippen LogP contribution in [0.15, 0.2) is 114 Å². The monoisotopic (exact) mass is 868 g/mol. The zero-order valence-electron chi connectivity index (χ0n) is 30.4. The Morgan fingerprint density at radius 2 is 1.09 bits per heavy atom. The van der Waals surface area contributed by atoms with Gasteiger partial charge in [-0.15, -0.1) is 0 Å². The minimum absolute atomic E-state index is 0.174. The van der Waals surface area contributed by atoms with E-state index < -0.39 is 57.3 Å². The van der Waals surface area contributed by atoms with Gasteiger partial charge in [0.2, 0.25) is 0 Å². The van der Waals surface area contributed by atoms with Crippen LogP contribution in [0, 0.1) is 13.8 Å². The molecule has 0 saturated heterocycles. The summed E-state index contributed by atoms with van der Waals surface area (Å²) in [5.41, 5.74) is 1.37. The second kappa shape index (κ2) is 18.8. The van der Waals surface area contributed by atoms with Crippen molar-refractivity contribution < 1.29 is 54.0 Å². The first-order chi connectivity index (χ1) is 27.0. The van der Waals surface area contributed by atoms with Crippen molar-refractivity contribution in [2.24, 2.45) is 0 Å². The molecule has 0 aromatic heterocycles. The van der Waals surface area contributed by atoms with Crippen LogP contribution in [-0.4, -0.2) is 32.2 Å². The van der Waals surface area contributed by atoms with Crippen LogP contribution in [0.25, 0.3) is 0 Å². The van der Waals surface area contributed by atoms with E-state index in [1.807, 2.05) is 5.48 Å². The molecule has 1 unspecified atom stereocenters. The molecule has 5 aromatic carbocycles. The Balaban J connectivity index is 0.000000259. The molecule has 306 valence electrons. The number of benzene rings is 5. The van der Waals surface area contributed by atoms with Crippen LogP contribution < -0.4 is 20.8 Å². The number of hydroxylamine groups is 1. The lowest BCUT2D eigenvalue weighted by Crippen LogP contribution is -2.35. The van der Waals surface area contributed by atoms with Gasteiger partial charge in [0.1, 0.15) is 0 Å². The molecule has 58 heavy (non-hydrogen) atoms. The predicted molar refractivity (Wildman–Crippen MR) is 207 cm³/mol. The molecule has 0 heterocycles. The van der Waals surface area contributed by atoms with Crippen molar-refractivity contribution in [2.75, 3.05) is 15.4 Å². The molecule has 0 saturated carbocycles. The van der Waals surface area contributed by atoms with Crippen LogP contribution in [0.5, 0.6) is 0 Å². The number of rotatable bonds is 10. The van der Waals surface area contributed by atoms with Crippen molar-refractivity contribution in [2.45, 2.75) is 44.1 Å². The highest BCUT2D eigenvalue weighted by Crippen LogP contribution is 2.33. The average molecular weight is 870 g/mol. The first kappa shape index (κ1) is 45.1. The van der Waals surface area contributed by atoms with Crippen molar-refractivity contribution in [3.05, 3.63) is 153 Å². The maximum absolute atomic E-state index is 13.0. The lowest BCUT2D eigenvalue weighted by Gasteiger charge is -2.14. The molecule has 0 radical (unpaired) electrons. The molecule has 0 aliphatic heterocycles. The van der Waals surface area contributed by atoms with Crippen LogP contribution >= 0.6 is 23.2 Å². The second-order valence-electron chi connectivity index (χ2n) is 12.4. The van der Waals surface area contributed by atoms with Crippen LogP contribution in [0.4, 0.5) is 43.4 Å². The number of alkyl halides is 6. The number of amides is 3. The molecule has 1 atom stereocenters. The van der Waals surface area contributed by atoms with Gasteiger partial charge >= 0.3 is 12.4 Å². The summed E-state index contributed by atoms with van der Waals surface area (Å²) in [6.45, 7) is 4.25. The molecule has 0 aliphatic rings. The smallest absolute Gasteiger partial charge is 0.324 e. The van der Waals surface area contributed by atoms with E-state index in [0.717, 1.165) is 18.2 Å². The van der Waals surface area contributed by atoms with E-state index in [1.165, 1.54) is 69.3 Å². The fourth-order valence-corrected chi connectivity index (χ4v) is 6.14. The van der Waals surface area contributed by atoms with Gasteiger partial charge in [-0.25, -0.2) is 13.9 Å². The van der Waals surface area contributed by atoms with E-state index in [2.05, 4.69) is 15.4 Å². The number of hydrogen-bond donors (Lipinski definition) is 4. The van der Waals surface area contributed by atoms with Gasteiger partial charge in [-0.2, -0.15) is 26.3 Å². The Morgan fingerprint density at radius 1 is 0.603 bits per heavy atom. The summed E-state index contributed by atoms with van der Waals surface area (Å²) in [6, 6.07) is 23.6. The first-order valence-electron chi connectivity index (χ1n) is 16.6. The molecule has 0 spiro atoms. The highest BCUT2D eigenvalue weighted by Gasteiger charge is 2.32. The number of carbonyl (C=O) groups is 3. The number of sulfonamides is 1. The zero-order valence-corrected chi connectivity index (χ0v) is 32.7. The third-order valence-electron chi connectivity index (χ3n) is 7.66. The van der Waals surface area contributed by atoms with Crippen LogP contribution in [-0.2, 0) is 32.0 Å². The van der Waals surface area contributed by atoms with Crippen LogP contribution in [0.2, 0.25) is 10.0 Å². The highest BCUT2D eigenvalue weighted by atomic mass is 35.5. The predicted octanol–water partition coefficient (Wildman–Crippen LogP) is 10.1. The van der Waals surface area contributed by atoms with E-state index in [1.54, 1.807) is 36.4 Å². The number of halogens is 8. The molecule has 0 bridgehead atoms. The summed E-state index contributed by atoms with van der Waals surface area (Å²) in [7, 11) is -4.14. The third-order valence-corrected chi connectivity index (χ3v) is 9.56. The Labute approximate surface area is 338 Å². The summed E-state index contributed by atoms with van der Waals surface area (Å²) < 4.78 is 105. The summed E-state index contributed by atoms with van der Waals surface area (Å²) in [5.74, 6) is -1.86. The second-order valence-corrected chi connectivity index (χ2v) is 15.0. The lowest BCUT2D eigenvalue weighted by atomic mass is 10.1. The van der Waals surface area contributed by atoms with Crippen molar-refractivity contribution >= 4 is 68.0 Å². The van der Waals surface area contributed by atoms with Gasteiger partial charge in [0, 0.05) is 38.2 Å². The van der Waals surface area contributed by atoms with Crippen LogP contribution in [0.1, 0.15) is 49.9 Å². The van der Waals surface area contributed by atoms with Gasteiger partial charge in [0.25, 0.3) is 27.7 Å². The SMILES string of the molecule is Cc1cc(C(=O)NOC(C)C(=O)Nc2ccc(Cl)cc2)cc(C(F)(F)F)c1.Cc1cc(NS(=O)(=O)c2ccc(NC(=O)c3ccc(Cl)cc3)cc2)cc(C(F)(F)F)c1. The fourth-order valence-electron chi connectivity index (χ4n) is 4.85. The Bertz CT molecular complexity index is 2380. The molecule has 0 fully saturated rings. The quantitative estimate of drug-likeness (QED) is 0.0813. The zero-order chi connectivity index (χ0) is 43.0. The van der Waals surface area contributed by atoms with Crippen molar-refractivity contribution in [1.29, 1.82) is 0 Å². The van der Waals surface area contributed by atoms with Gasteiger partial charge in [-0.3, -0.25) is 23.9 Å². The molecule has 3 amide bonds. The molecule has 19 heteroatoms. The van der Waals surface area contributed by atoms with Crippen LogP contribution in [0.3, 0.4) is 0 Å². The van der Waals surface area contributed by atoms with Crippen molar-refractivity contribution in [3.63, 3.8) is 0 Å². The summed E-state index contributed by atoms with van der Waals surface area (Å²) in [5, 5.41) is 6.15. The van der Waals surface area contributed by atoms with E-state index in [4.69, 9.17) is 28.0 Å². The molecular weight excluding hydrogens is 837 g/mol. The third kappa shape index (κ3) is 13.2. The number of aryl methyl sites for hydroxylation is 2. The largest absolute Gasteiger partial charge is 0.416 e. The van der Waals surface area contributed by atoms with E-state index in [9.17, 15) is 49.1 Å². The Hall–Kier alpha value is -5.62. The van der Waals surface area contributed by atoms with Gasteiger partial charge in [0.05, 0.1) is 16.0 Å². The summed E-state index contributed by atoms with van der Waals surface area (Å²) in [4.78, 5) is 41.1. The minimum Gasteiger partial charge on any atom is -0.324 e. The number of nitrogens with one attached hydrogen (secondary N) is 4. The van der Waals surface area contributed by atoms with Crippen molar-refractivity contribution in [3.8, 4) is 0 Å². The number of anilines is 3.